The molecule has 7 heteroatoms. The molecular weight excluding hydrogens is 310 g/mol. The van der Waals surface area contributed by atoms with Gasteiger partial charge in [0.2, 0.25) is 0 Å². The zero-order valence-electron chi connectivity index (χ0n) is 14.9. The summed E-state index contributed by atoms with van der Waals surface area (Å²) in [5.74, 6) is 0. The normalized spacial score (nSPS) is 13.9. The van der Waals surface area contributed by atoms with Gasteiger partial charge in [-0.05, 0) is 38.2 Å². The second kappa shape index (κ2) is 8.10. The number of nitrogens with one attached hydrogen (secondary N) is 2. The topological polar surface area (TPSA) is 104 Å². The van der Waals surface area contributed by atoms with Gasteiger partial charge in [0.15, 0.2) is 0 Å². The second-order valence-electron chi connectivity index (χ2n) is 7.07. The zero-order valence-corrected chi connectivity index (χ0v) is 14.9. The van der Waals surface area contributed by atoms with Crippen LogP contribution in [0.2, 0.25) is 0 Å². The quantitative estimate of drug-likeness (QED) is 0.525. The van der Waals surface area contributed by atoms with Crippen LogP contribution in [0.3, 0.4) is 0 Å². The molecule has 2 amide bonds. The van der Waals surface area contributed by atoms with Gasteiger partial charge in [-0.1, -0.05) is 26.0 Å². The van der Waals surface area contributed by atoms with Gasteiger partial charge >= 0.3 is 6.03 Å². The van der Waals surface area contributed by atoms with Crippen molar-refractivity contribution in [1.82, 2.24) is 10.6 Å². The first kappa shape index (κ1) is 19.9. The Hall–Kier alpha value is -2.15. The van der Waals surface area contributed by atoms with E-state index < -0.39 is 11.0 Å². The summed E-state index contributed by atoms with van der Waals surface area (Å²) in [4.78, 5) is 22.6. The van der Waals surface area contributed by atoms with E-state index in [0.29, 0.717) is 24.1 Å². The number of aliphatic hydroxyl groups excluding tert-OH is 1. The van der Waals surface area contributed by atoms with Crippen molar-refractivity contribution in [3.05, 3.63) is 39.4 Å². The van der Waals surface area contributed by atoms with Crippen LogP contribution in [0, 0.1) is 22.5 Å². The zero-order chi connectivity index (χ0) is 18.5. The van der Waals surface area contributed by atoms with Crippen LogP contribution in [0.4, 0.5) is 10.5 Å². The molecule has 0 fully saturated rings. The molecule has 0 aliphatic carbocycles. The Balaban J connectivity index is 2.64. The van der Waals surface area contributed by atoms with Gasteiger partial charge in [-0.2, -0.15) is 0 Å². The summed E-state index contributed by atoms with van der Waals surface area (Å²) in [5.41, 5.74) is 1.07. The Morgan fingerprint density at radius 2 is 2.00 bits per heavy atom. The lowest BCUT2D eigenvalue weighted by molar-refractivity contribution is -0.385. The Kier molecular flexibility index (Phi) is 6.71. The summed E-state index contributed by atoms with van der Waals surface area (Å²) in [6.07, 6.45) is 0.143. The van der Waals surface area contributed by atoms with Crippen LogP contribution in [-0.2, 0) is 0 Å². The lowest BCUT2D eigenvalue weighted by atomic mass is 9.87. The van der Waals surface area contributed by atoms with Crippen LogP contribution in [0.5, 0.6) is 0 Å². The van der Waals surface area contributed by atoms with Gasteiger partial charge in [0.25, 0.3) is 5.69 Å². The summed E-state index contributed by atoms with van der Waals surface area (Å²) in [6.45, 7) is 9.52. The number of rotatable bonds is 7. The Morgan fingerprint density at radius 1 is 1.38 bits per heavy atom. The number of hydrogen-bond acceptors (Lipinski definition) is 4. The van der Waals surface area contributed by atoms with Crippen LogP contribution in [0.15, 0.2) is 18.2 Å². The van der Waals surface area contributed by atoms with E-state index in [0.717, 1.165) is 0 Å². The van der Waals surface area contributed by atoms with E-state index in [9.17, 15) is 20.0 Å². The molecule has 0 saturated heterocycles. The maximum atomic E-state index is 12.0. The molecule has 0 aromatic heterocycles. The first-order chi connectivity index (χ1) is 11.0. The van der Waals surface area contributed by atoms with Gasteiger partial charge in [0.05, 0.1) is 17.1 Å². The van der Waals surface area contributed by atoms with Crippen LogP contribution in [0.1, 0.15) is 51.3 Å². The molecule has 0 aliphatic heterocycles. The molecule has 7 nitrogen and oxygen atoms in total. The van der Waals surface area contributed by atoms with Crippen molar-refractivity contribution in [1.29, 1.82) is 0 Å². The monoisotopic (exact) mass is 337 g/mol. The molecule has 1 rings (SSSR count). The molecule has 0 heterocycles. The van der Waals surface area contributed by atoms with Crippen molar-refractivity contribution in [2.45, 2.75) is 53.2 Å². The fourth-order valence-corrected chi connectivity index (χ4v) is 2.61. The molecule has 0 radical (unpaired) electrons. The third-order valence-corrected chi connectivity index (χ3v) is 3.85. The molecule has 2 atom stereocenters. The predicted octanol–water partition coefficient (Wildman–Crippen LogP) is 3.06. The molecule has 0 saturated carbocycles. The van der Waals surface area contributed by atoms with E-state index >= 15 is 0 Å². The number of urea groups is 1. The SMILES string of the molecule is Cc1ccc(C(C)NC(=O)NCC(C)(C)CC(C)O)cc1[N+](=O)[O-]. The fourth-order valence-electron chi connectivity index (χ4n) is 2.61. The number of amides is 2. The highest BCUT2D eigenvalue weighted by molar-refractivity contribution is 5.74. The lowest BCUT2D eigenvalue weighted by Crippen LogP contribution is -2.42. The molecule has 0 bridgehead atoms. The number of nitro benzene ring substituents is 1. The summed E-state index contributed by atoms with van der Waals surface area (Å²) in [6, 6.07) is 4.23. The van der Waals surface area contributed by atoms with E-state index in [-0.39, 0.29) is 23.2 Å². The number of nitro groups is 1. The molecular formula is C17H27N3O4. The molecule has 1 aromatic rings. The van der Waals surface area contributed by atoms with Crippen LogP contribution < -0.4 is 10.6 Å². The van der Waals surface area contributed by atoms with Gasteiger partial charge in [0, 0.05) is 18.2 Å². The van der Waals surface area contributed by atoms with Crippen LogP contribution >= 0.6 is 0 Å². The van der Waals surface area contributed by atoms with Crippen LogP contribution in [-0.4, -0.2) is 28.7 Å². The summed E-state index contributed by atoms with van der Waals surface area (Å²) < 4.78 is 0. The number of benzene rings is 1. The molecule has 24 heavy (non-hydrogen) atoms. The smallest absolute Gasteiger partial charge is 0.315 e. The van der Waals surface area contributed by atoms with Gasteiger partial charge < -0.3 is 15.7 Å². The molecule has 134 valence electrons. The number of hydrogen-bond donors (Lipinski definition) is 3. The number of nitrogens with zero attached hydrogens (tertiary/aromatic N) is 1. The highest BCUT2D eigenvalue weighted by Gasteiger charge is 2.22. The Labute approximate surface area is 142 Å². The maximum Gasteiger partial charge on any atom is 0.315 e. The molecule has 2 unspecified atom stereocenters. The maximum absolute atomic E-state index is 12.0. The van der Waals surface area contributed by atoms with E-state index in [1.54, 1.807) is 32.9 Å². The van der Waals surface area contributed by atoms with Crippen molar-refractivity contribution in [3.63, 3.8) is 0 Å². The minimum atomic E-state index is -0.433. The molecule has 0 aliphatic rings. The number of carbonyl (C=O) groups is 1. The van der Waals surface area contributed by atoms with E-state index in [2.05, 4.69) is 10.6 Å². The minimum Gasteiger partial charge on any atom is -0.393 e. The lowest BCUT2D eigenvalue weighted by Gasteiger charge is -2.27. The van der Waals surface area contributed by atoms with Crippen molar-refractivity contribution < 1.29 is 14.8 Å². The third-order valence-electron chi connectivity index (χ3n) is 3.85. The number of aliphatic hydroxyl groups is 1. The summed E-state index contributed by atoms with van der Waals surface area (Å²) >= 11 is 0. The summed E-state index contributed by atoms with van der Waals surface area (Å²) in [5, 5.41) is 26.0. The van der Waals surface area contributed by atoms with Crippen molar-refractivity contribution >= 4 is 11.7 Å². The van der Waals surface area contributed by atoms with Crippen molar-refractivity contribution in [3.8, 4) is 0 Å². The van der Waals surface area contributed by atoms with Crippen LogP contribution in [0.25, 0.3) is 0 Å². The first-order valence-electron chi connectivity index (χ1n) is 7.99. The number of carbonyl (C=O) groups excluding carboxylic acids is 1. The van der Waals surface area contributed by atoms with Gasteiger partial charge in [0.1, 0.15) is 0 Å². The van der Waals surface area contributed by atoms with Gasteiger partial charge in [-0.3, -0.25) is 10.1 Å². The average Bonchev–Trinajstić information content (AvgIpc) is 2.44. The first-order valence-corrected chi connectivity index (χ1v) is 7.99. The van der Waals surface area contributed by atoms with Gasteiger partial charge in [-0.15, -0.1) is 0 Å². The highest BCUT2D eigenvalue weighted by Crippen LogP contribution is 2.23. The Morgan fingerprint density at radius 3 is 2.54 bits per heavy atom. The Bertz CT molecular complexity index is 599. The predicted molar refractivity (Wildman–Crippen MR) is 92.9 cm³/mol. The van der Waals surface area contributed by atoms with Gasteiger partial charge in [-0.25, -0.2) is 4.79 Å². The number of aryl methyl sites for hydroxylation is 1. The highest BCUT2D eigenvalue weighted by atomic mass is 16.6. The molecule has 1 aromatic carbocycles. The fraction of sp³-hybridized carbons (Fsp3) is 0.588. The largest absolute Gasteiger partial charge is 0.393 e. The van der Waals surface area contributed by atoms with Crippen molar-refractivity contribution in [2.75, 3.05) is 6.54 Å². The molecule has 3 N–H and O–H groups in total. The van der Waals surface area contributed by atoms with E-state index in [4.69, 9.17) is 0 Å². The average molecular weight is 337 g/mol. The summed E-state index contributed by atoms with van der Waals surface area (Å²) in [7, 11) is 0. The van der Waals surface area contributed by atoms with E-state index in [1.165, 1.54) is 6.07 Å². The standard InChI is InChI=1S/C17H27N3O4/c1-11-6-7-14(8-15(11)20(23)24)13(3)19-16(22)18-10-17(4,5)9-12(2)21/h6-8,12-13,21H,9-10H2,1-5H3,(H2,18,19,22). The van der Waals surface area contributed by atoms with Crippen molar-refractivity contribution in [2.24, 2.45) is 5.41 Å². The molecule has 0 spiro atoms. The third kappa shape index (κ3) is 6.16. The minimum absolute atomic E-state index is 0.0413. The second-order valence-corrected chi connectivity index (χ2v) is 7.07. The van der Waals surface area contributed by atoms with E-state index in [1.807, 2.05) is 13.8 Å².